The Hall–Kier alpha value is -1.76. The molecule has 31 heavy (non-hydrogen) atoms. The Morgan fingerprint density at radius 2 is 1.26 bits per heavy atom. The molecule has 2 aromatic rings. The fraction of sp³-hybridized carbons (Fsp3) is 0.600. The molecule has 0 aliphatic carbocycles. The third-order valence-electron chi connectivity index (χ3n) is 6.90. The molecule has 170 valence electrons. The molecule has 1 nitrogen and oxygen atoms in total. The lowest BCUT2D eigenvalue weighted by molar-refractivity contribution is 0.124. The number of ether oxygens (including phenoxy) is 1. The summed E-state index contributed by atoms with van der Waals surface area (Å²) in [5, 5.41) is 2.57. The Morgan fingerprint density at radius 1 is 0.677 bits per heavy atom. The summed E-state index contributed by atoms with van der Waals surface area (Å²) in [5.41, 5.74) is 1.07. The average Bonchev–Trinajstić information content (AvgIpc) is 2.79. The molecule has 0 radical (unpaired) electrons. The predicted molar refractivity (Wildman–Crippen MR) is 137 cm³/mol. The molecule has 1 heterocycles. The average molecular weight is 421 g/mol. The minimum Gasteiger partial charge on any atom is -0.483 e. The molecule has 3 rings (SSSR count). The van der Waals surface area contributed by atoms with Crippen molar-refractivity contribution >= 4 is 16.8 Å². The van der Waals surface area contributed by atoms with Gasteiger partial charge in [0.25, 0.3) is 0 Å². The van der Waals surface area contributed by atoms with Crippen LogP contribution in [-0.2, 0) is 0 Å². The third-order valence-corrected chi connectivity index (χ3v) is 6.90. The summed E-state index contributed by atoms with van der Waals surface area (Å²) in [6, 6.07) is 12.9. The second kappa shape index (κ2) is 12.9. The first-order valence-corrected chi connectivity index (χ1v) is 13.1. The fourth-order valence-electron chi connectivity index (χ4n) is 4.89. The summed E-state index contributed by atoms with van der Waals surface area (Å²) in [5.74, 6) is 1.04. The van der Waals surface area contributed by atoms with Gasteiger partial charge in [0.05, 0.1) is 0 Å². The van der Waals surface area contributed by atoms with Gasteiger partial charge in [0.15, 0.2) is 0 Å². The molecule has 0 spiro atoms. The Balaban J connectivity index is 1.25. The highest BCUT2D eigenvalue weighted by Gasteiger charge is 2.27. The van der Waals surface area contributed by atoms with E-state index in [9.17, 15) is 0 Å². The van der Waals surface area contributed by atoms with Crippen molar-refractivity contribution in [1.82, 2.24) is 0 Å². The van der Waals surface area contributed by atoms with Gasteiger partial charge in [-0.3, -0.25) is 0 Å². The highest BCUT2D eigenvalue weighted by molar-refractivity contribution is 5.93. The largest absolute Gasteiger partial charge is 0.483 e. The zero-order valence-corrected chi connectivity index (χ0v) is 20.1. The number of fused-ring (bicyclic) bond motifs is 3. The van der Waals surface area contributed by atoms with Crippen molar-refractivity contribution in [2.24, 2.45) is 0 Å². The van der Waals surface area contributed by atoms with Crippen LogP contribution in [0.5, 0.6) is 5.75 Å². The van der Waals surface area contributed by atoms with E-state index in [4.69, 9.17) is 4.74 Å². The maximum absolute atomic E-state index is 6.45. The first-order valence-electron chi connectivity index (χ1n) is 13.1. The molecule has 0 saturated heterocycles. The van der Waals surface area contributed by atoms with Crippen LogP contribution in [0.25, 0.3) is 16.8 Å². The van der Waals surface area contributed by atoms with Crippen molar-refractivity contribution in [2.45, 2.75) is 116 Å². The van der Waals surface area contributed by atoms with Crippen LogP contribution in [0.2, 0.25) is 0 Å². The molecule has 1 aliphatic heterocycles. The lowest BCUT2D eigenvalue weighted by atomic mass is 9.92. The van der Waals surface area contributed by atoms with Crippen molar-refractivity contribution < 1.29 is 4.74 Å². The molecular weight excluding hydrogens is 376 g/mol. The molecule has 1 heteroatoms. The van der Waals surface area contributed by atoms with Crippen molar-refractivity contribution in [3.63, 3.8) is 0 Å². The van der Waals surface area contributed by atoms with Crippen molar-refractivity contribution in [1.29, 1.82) is 0 Å². The second-order valence-corrected chi connectivity index (χ2v) is 9.79. The predicted octanol–water partition coefficient (Wildman–Crippen LogP) is 9.88. The summed E-state index contributed by atoms with van der Waals surface area (Å²) in [4.78, 5) is 0. The Morgan fingerprint density at radius 3 is 1.90 bits per heavy atom. The normalized spacial score (nSPS) is 17.6. The fourth-order valence-corrected chi connectivity index (χ4v) is 4.89. The van der Waals surface area contributed by atoms with E-state index >= 15 is 0 Å². The van der Waals surface area contributed by atoms with Crippen molar-refractivity contribution in [2.75, 3.05) is 0 Å². The van der Waals surface area contributed by atoms with Gasteiger partial charge >= 0.3 is 0 Å². The highest BCUT2D eigenvalue weighted by atomic mass is 16.5. The molecule has 0 amide bonds. The molecule has 2 aromatic carbocycles. The van der Waals surface area contributed by atoms with Crippen LogP contribution >= 0.6 is 0 Å². The molecule has 0 aromatic heterocycles. The molecule has 0 fully saturated rings. The quantitative estimate of drug-likeness (QED) is 0.260. The molecular formula is C30H44O. The van der Waals surface area contributed by atoms with E-state index in [2.05, 4.69) is 62.4 Å². The van der Waals surface area contributed by atoms with Gasteiger partial charge in [-0.05, 0) is 42.7 Å². The van der Waals surface area contributed by atoms with Gasteiger partial charge in [0, 0.05) is 5.56 Å². The van der Waals surface area contributed by atoms with Crippen LogP contribution < -0.4 is 4.74 Å². The monoisotopic (exact) mass is 420 g/mol. The van der Waals surface area contributed by atoms with Crippen molar-refractivity contribution in [3.05, 3.63) is 48.0 Å². The van der Waals surface area contributed by atoms with E-state index in [1.807, 2.05) is 0 Å². The minimum absolute atomic E-state index is 0.160. The molecule has 1 atom stereocenters. The van der Waals surface area contributed by atoms with E-state index in [-0.39, 0.29) is 5.60 Å². The topological polar surface area (TPSA) is 9.23 Å². The van der Waals surface area contributed by atoms with Crippen LogP contribution in [0, 0.1) is 0 Å². The van der Waals surface area contributed by atoms with Gasteiger partial charge in [-0.2, -0.15) is 0 Å². The van der Waals surface area contributed by atoms with Crippen LogP contribution in [0.1, 0.15) is 116 Å². The summed E-state index contributed by atoms with van der Waals surface area (Å²) in [7, 11) is 0. The molecule has 1 unspecified atom stereocenters. The van der Waals surface area contributed by atoms with Gasteiger partial charge in [-0.25, -0.2) is 0 Å². The van der Waals surface area contributed by atoms with Gasteiger partial charge in [0.2, 0.25) is 0 Å². The maximum Gasteiger partial charge on any atom is 0.128 e. The Bertz CT molecular complexity index is 805. The van der Waals surface area contributed by atoms with Gasteiger partial charge in [0.1, 0.15) is 11.4 Å². The first-order chi connectivity index (χ1) is 15.2. The smallest absolute Gasteiger partial charge is 0.128 e. The zero-order valence-electron chi connectivity index (χ0n) is 20.1. The number of unbranched alkanes of at least 4 members (excludes halogenated alkanes) is 13. The molecule has 0 bridgehead atoms. The minimum atomic E-state index is -0.160. The van der Waals surface area contributed by atoms with Gasteiger partial charge < -0.3 is 4.74 Å². The SMILES string of the molecule is CCCCCCCCCCCCCCCCC1(C)C=Cc2c(ccc3ccccc23)O1. The van der Waals surface area contributed by atoms with Crippen LogP contribution in [0.15, 0.2) is 42.5 Å². The van der Waals surface area contributed by atoms with Gasteiger partial charge in [-0.15, -0.1) is 0 Å². The number of benzene rings is 2. The van der Waals surface area contributed by atoms with E-state index in [0.29, 0.717) is 0 Å². The maximum atomic E-state index is 6.45. The van der Waals surface area contributed by atoms with Crippen LogP contribution in [0.3, 0.4) is 0 Å². The number of hydrogen-bond acceptors (Lipinski definition) is 1. The lowest BCUT2D eigenvalue weighted by Crippen LogP contribution is -2.31. The third kappa shape index (κ3) is 7.70. The lowest BCUT2D eigenvalue weighted by Gasteiger charge is -2.32. The van der Waals surface area contributed by atoms with E-state index in [1.54, 1.807) is 0 Å². The highest BCUT2D eigenvalue weighted by Crippen LogP contribution is 2.37. The van der Waals surface area contributed by atoms with E-state index in [0.717, 1.165) is 12.2 Å². The standard InChI is InChI=1S/C30H44O/c1-3-4-5-6-7-8-9-10-11-12-13-14-15-18-24-30(2)25-23-28-27-20-17-16-19-26(27)21-22-29(28)31-30/h16-17,19-23,25H,3-15,18,24H2,1-2H3. The Kier molecular flexibility index (Phi) is 9.97. The second-order valence-electron chi connectivity index (χ2n) is 9.79. The molecule has 0 saturated carbocycles. The van der Waals surface area contributed by atoms with Crippen LogP contribution in [-0.4, -0.2) is 5.60 Å². The Labute approximate surface area is 191 Å². The van der Waals surface area contributed by atoms with Crippen LogP contribution in [0.4, 0.5) is 0 Å². The molecule has 0 N–H and O–H groups in total. The summed E-state index contributed by atoms with van der Waals surface area (Å²) >= 11 is 0. The van der Waals surface area contributed by atoms with Gasteiger partial charge in [-0.1, -0.05) is 127 Å². The zero-order chi connectivity index (χ0) is 21.8. The summed E-state index contributed by atoms with van der Waals surface area (Å²) in [6.07, 6.45) is 25.4. The van der Waals surface area contributed by atoms with E-state index < -0.39 is 0 Å². The summed E-state index contributed by atoms with van der Waals surface area (Å²) < 4.78 is 6.45. The first kappa shape index (κ1) is 23.9. The molecule has 1 aliphatic rings. The van der Waals surface area contributed by atoms with Crippen molar-refractivity contribution in [3.8, 4) is 5.75 Å². The summed E-state index contributed by atoms with van der Waals surface area (Å²) in [6.45, 7) is 4.53. The van der Waals surface area contributed by atoms with E-state index in [1.165, 1.54) is 106 Å². The number of hydrogen-bond donors (Lipinski definition) is 0. The number of rotatable bonds is 15.